The lowest BCUT2D eigenvalue weighted by molar-refractivity contribution is 0.0525. The van der Waals surface area contributed by atoms with Gasteiger partial charge in [0.2, 0.25) is 0 Å². The second-order valence-corrected chi connectivity index (χ2v) is 6.67. The molecule has 1 aromatic heterocycles. The first kappa shape index (κ1) is 18.3. The van der Waals surface area contributed by atoms with Gasteiger partial charge >= 0.3 is 6.09 Å². The fourth-order valence-electron chi connectivity index (χ4n) is 2.05. The molecule has 0 bridgehead atoms. The Hall–Kier alpha value is -1.78. The van der Waals surface area contributed by atoms with Gasteiger partial charge in [0.25, 0.3) is 0 Å². The van der Waals surface area contributed by atoms with Crippen LogP contribution < -0.4 is 10.2 Å². The maximum Gasteiger partial charge on any atom is 0.407 e. The number of nitrogens with one attached hydrogen (secondary N) is 1. The molecule has 0 fully saturated rings. The van der Waals surface area contributed by atoms with E-state index in [0.717, 1.165) is 23.6 Å². The van der Waals surface area contributed by atoms with Crippen LogP contribution in [0, 0.1) is 6.92 Å². The van der Waals surface area contributed by atoms with Crippen molar-refractivity contribution in [2.45, 2.75) is 53.1 Å². The molecule has 0 saturated heterocycles. The van der Waals surface area contributed by atoms with Gasteiger partial charge in [0.05, 0.1) is 5.69 Å². The Morgan fingerprint density at radius 2 is 2.05 bits per heavy atom. The molecule has 0 aliphatic heterocycles. The van der Waals surface area contributed by atoms with Gasteiger partial charge in [0, 0.05) is 26.1 Å². The summed E-state index contributed by atoms with van der Waals surface area (Å²) in [6.07, 6.45) is -0.390. The maximum absolute atomic E-state index is 11.7. The summed E-state index contributed by atoms with van der Waals surface area (Å²) in [6, 6.07) is 4.10. The number of anilines is 1. The van der Waals surface area contributed by atoms with Crippen LogP contribution in [-0.4, -0.2) is 36.8 Å². The summed E-state index contributed by atoms with van der Waals surface area (Å²) in [5.74, 6) is 1.07. The molecular formula is C17H29N3O2. The molecule has 1 N–H and O–H groups in total. The topological polar surface area (TPSA) is 54.5 Å². The Morgan fingerprint density at radius 3 is 2.59 bits per heavy atom. The molecule has 124 valence electrons. The van der Waals surface area contributed by atoms with E-state index in [0.29, 0.717) is 6.54 Å². The van der Waals surface area contributed by atoms with Gasteiger partial charge in [-0.05, 0) is 46.2 Å². The first-order chi connectivity index (χ1) is 10.1. The summed E-state index contributed by atoms with van der Waals surface area (Å²) in [5, 5.41) is 2.81. The highest BCUT2D eigenvalue weighted by Crippen LogP contribution is 2.20. The zero-order valence-corrected chi connectivity index (χ0v) is 14.9. The van der Waals surface area contributed by atoms with E-state index in [-0.39, 0.29) is 12.0 Å². The van der Waals surface area contributed by atoms with E-state index >= 15 is 0 Å². The predicted molar refractivity (Wildman–Crippen MR) is 90.6 cm³/mol. The van der Waals surface area contributed by atoms with Gasteiger partial charge in [-0.15, -0.1) is 0 Å². The molecule has 1 unspecified atom stereocenters. The molecule has 0 aromatic carbocycles. The highest BCUT2D eigenvalue weighted by molar-refractivity contribution is 5.67. The Kier molecular flexibility index (Phi) is 6.21. The molecule has 0 radical (unpaired) electrons. The third kappa shape index (κ3) is 5.54. The van der Waals surface area contributed by atoms with Crippen LogP contribution in [0.3, 0.4) is 0 Å². The standard InChI is InChI=1S/C17H29N3O2/c1-8-20(7)14-10-9-12(2)15(19-14)13(3)11-18-16(21)22-17(4,5)6/h9-10,13H,8,11H2,1-7H3,(H,18,21). The Balaban J connectivity index is 2.73. The number of nitrogens with zero attached hydrogens (tertiary/aromatic N) is 2. The van der Waals surface area contributed by atoms with Gasteiger partial charge < -0.3 is 15.0 Å². The minimum atomic E-state index is -0.481. The van der Waals surface area contributed by atoms with Crippen molar-refractivity contribution in [3.63, 3.8) is 0 Å². The Bertz CT molecular complexity index is 509. The van der Waals surface area contributed by atoms with E-state index in [1.165, 1.54) is 0 Å². The number of carbonyl (C=O) groups is 1. The number of amides is 1. The zero-order valence-electron chi connectivity index (χ0n) is 14.9. The fourth-order valence-corrected chi connectivity index (χ4v) is 2.05. The normalized spacial score (nSPS) is 12.7. The van der Waals surface area contributed by atoms with Gasteiger partial charge in [-0.3, -0.25) is 0 Å². The van der Waals surface area contributed by atoms with Crippen molar-refractivity contribution in [1.29, 1.82) is 0 Å². The van der Waals surface area contributed by atoms with Crippen molar-refractivity contribution in [3.8, 4) is 0 Å². The Labute approximate surface area is 134 Å². The molecular weight excluding hydrogens is 278 g/mol. The van der Waals surface area contributed by atoms with E-state index in [1.807, 2.05) is 40.8 Å². The summed E-state index contributed by atoms with van der Waals surface area (Å²) in [6.45, 7) is 13.2. The summed E-state index contributed by atoms with van der Waals surface area (Å²) >= 11 is 0. The average molecular weight is 307 g/mol. The number of aryl methyl sites for hydroxylation is 1. The van der Waals surface area contributed by atoms with E-state index in [9.17, 15) is 4.79 Å². The number of aromatic nitrogens is 1. The number of hydrogen-bond acceptors (Lipinski definition) is 4. The molecule has 22 heavy (non-hydrogen) atoms. The van der Waals surface area contributed by atoms with Crippen LogP contribution in [0.15, 0.2) is 12.1 Å². The number of pyridine rings is 1. The number of rotatable bonds is 5. The smallest absolute Gasteiger partial charge is 0.407 e. The highest BCUT2D eigenvalue weighted by Gasteiger charge is 2.18. The Morgan fingerprint density at radius 1 is 1.41 bits per heavy atom. The van der Waals surface area contributed by atoms with E-state index in [4.69, 9.17) is 9.72 Å². The van der Waals surface area contributed by atoms with Crippen LogP contribution >= 0.6 is 0 Å². The zero-order chi connectivity index (χ0) is 16.9. The predicted octanol–water partition coefficient (Wildman–Crippen LogP) is 3.47. The van der Waals surface area contributed by atoms with Gasteiger partial charge in [-0.1, -0.05) is 13.0 Å². The van der Waals surface area contributed by atoms with E-state index < -0.39 is 5.60 Å². The second kappa shape index (κ2) is 7.47. The molecule has 1 heterocycles. The van der Waals surface area contributed by atoms with E-state index in [2.05, 4.69) is 30.1 Å². The van der Waals surface area contributed by atoms with Crippen molar-refractivity contribution in [3.05, 3.63) is 23.4 Å². The lowest BCUT2D eigenvalue weighted by Crippen LogP contribution is -2.34. The molecule has 1 aromatic rings. The van der Waals surface area contributed by atoms with Crippen LogP contribution in [0.1, 0.15) is 51.8 Å². The lowest BCUT2D eigenvalue weighted by atomic mass is 10.0. The number of hydrogen-bond donors (Lipinski definition) is 1. The van der Waals surface area contributed by atoms with Crippen molar-refractivity contribution in [2.24, 2.45) is 0 Å². The largest absolute Gasteiger partial charge is 0.444 e. The van der Waals surface area contributed by atoms with Gasteiger partial charge in [-0.2, -0.15) is 0 Å². The van der Waals surface area contributed by atoms with Crippen molar-refractivity contribution in [2.75, 3.05) is 25.0 Å². The van der Waals surface area contributed by atoms with Gasteiger partial charge in [0.15, 0.2) is 0 Å². The number of ether oxygens (including phenoxy) is 1. The van der Waals surface area contributed by atoms with Gasteiger partial charge in [-0.25, -0.2) is 9.78 Å². The molecule has 1 amide bonds. The van der Waals surface area contributed by atoms with Crippen LogP contribution in [0.5, 0.6) is 0 Å². The molecule has 0 spiro atoms. The average Bonchev–Trinajstić information content (AvgIpc) is 2.42. The summed E-state index contributed by atoms with van der Waals surface area (Å²) in [7, 11) is 2.02. The van der Waals surface area contributed by atoms with E-state index in [1.54, 1.807) is 0 Å². The number of carbonyl (C=O) groups excluding carboxylic acids is 1. The third-order valence-corrected chi connectivity index (χ3v) is 3.41. The molecule has 0 aliphatic rings. The minimum Gasteiger partial charge on any atom is -0.444 e. The van der Waals surface area contributed by atoms with Crippen molar-refractivity contribution >= 4 is 11.9 Å². The highest BCUT2D eigenvalue weighted by atomic mass is 16.6. The summed E-state index contributed by atoms with van der Waals surface area (Å²) in [5.41, 5.74) is 1.66. The molecule has 5 nitrogen and oxygen atoms in total. The van der Waals surface area contributed by atoms with Crippen LogP contribution in [-0.2, 0) is 4.74 Å². The molecule has 1 atom stereocenters. The lowest BCUT2D eigenvalue weighted by Gasteiger charge is -2.22. The first-order valence-electron chi connectivity index (χ1n) is 7.79. The SMILES string of the molecule is CCN(C)c1ccc(C)c(C(C)CNC(=O)OC(C)(C)C)n1. The third-order valence-electron chi connectivity index (χ3n) is 3.41. The monoisotopic (exact) mass is 307 g/mol. The van der Waals surface area contributed by atoms with Gasteiger partial charge in [0.1, 0.15) is 11.4 Å². The maximum atomic E-state index is 11.7. The number of alkyl carbamates (subject to hydrolysis) is 1. The summed E-state index contributed by atoms with van der Waals surface area (Å²) in [4.78, 5) is 18.6. The van der Waals surface area contributed by atoms with Crippen molar-refractivity contribution in [1.82, 2.24) is 10.3 Å². The first-order valence-corrected chi connectivity index (χ1v) is 7.79. The molecule has 5 heteroatoms. The van der Waals surface area contributed by atoms with Crippen LogP contribution in [0.25, 0.3) is 0 Å². The minimum absolute atomic E-state index is 0.123. The molecule has 0 aliphatic carbocycles. The second-order valence-electron chi connectivity index (χ2n) is 6.67. The molecule has 1 rings (SSSR count). The quantitative estimate of drug-likeness (QED) is 0.905. The van der Waals surface area contributed by atoms with Crippen LogP contribution in [0.4, 0.5) is 10.6 Å². The fraction of sp³-hybridized carbons (Fsp3) is 0.647. The molecule has 0 saturated carbocycles. The van der Waals surface area contributed by atoms with Crippen molar-refractivity contribution < 1.29 is 9.53 Å². The van der Waals surface area contributed by atoms with Crippen LogP contribution in [0.2, 0.25) is 0 Å². The summed E-state index contributed by atoms with van der Waals surface area (Å²) < 4.78 is 5.25.